The highest BCUT2D eigenvalue weighted by molar-refractivity contribution is 5.29. The molecule has 2 heteroatoms. The lowest BCUT2D eigenvalue weighted by atomic mass is 9.64. The third-order valence-electron chi connectivity index (χ3n) is 5.10. The van der Waals surface area contributed by atoms with Crippen molar-refractivity contribution < 1.29 is 5.11 Å². The Hall–Kier alpha value is -0.860. The van der Waals surface area contributed by atoms with Crippen LogP contribution in [0.4, 0.5) is 0 Å². The van der Waals surface area contributed by atoms with Gasteiger partial charge in [-0.2, -0.15) is 0 Å². The predicted octanol–water partition coefficient (Wildman–Crippen LogP) is 3.01. The van der Waals surface area contributed by atoms with Crippen LogP contribution in [0.15, 0.2) is 30.3 Å². The van der Waals surface area contributed by atoms with Gasteiger partial charge in [-0.1, -0.05) is 37.3 Å². The van der Waals surface area contributed by atoms with Crippen LogP contribution in [0.5, 0.6) is 0 Å². The SMILES string of the molecule is C[C@@H]1C[C@H](C)[C@](O)(c2ccccc2)C(C)(C)N1C. The van der Waals surface area contributed by atoms with E-state index in [1.807, 2.05) is 30.3 Å². The van der Waals surface area contributed by atoms with Crippen molar-refractivity contribution in [1.82, 2.24) is 4.90 Å². The zero-order chi connectivity index (χ0) is 13.6. The maximum absolute atomic E-state index is 11.4. The van der Waals surface area contributed by atoms with Crippen molar-refractivity contribution in [2.75, 3.05) is 7.05 Å². The minimum Gasteiger partial charge on any atom is -0.383 e. The summed E-state index contributed by atoms with van der Waals surface area (Å²) in [5.74, 6) is 0.251. The number of aliphatic hydroxyl groups is 1. The Bertz CT molecular complexity index is 414. The first-order valence-electron chi connectivity index (χ1n) is 6.82. The first kappa shape index (κ1) is 13.6. The Morgan fingerprint density at radius 2 is 1.72 bits per heavy atom. The summed E-state index contributed by atoms with van der Waals surface area (Å²) in [6.45, 7) is 8.69. The Labute approximate surface area is 111 Å². The van der Waals surface area contributed by atoms with E-state index in [9.17, 15) is 5.11 Å². The fourth-order valence-corrected chi connectivity index (χ4v) is 3.59. The van der Waals surface area contributed by atoms with Crippen LogP contribution in [0.3, 0.4) is 0 Å². The maximum Gasteiger partial charge on any atom is 0.110 e. The molecule has 1 aliphatic heterocycles. The molecule has 1 saturated heterocycles. The van der Waals surface area contributed by atoms with Gasteiger partial charge in [0.25, 0.3) is 0 Å². The number of benzene rings is 1. The van der Waals surface area contributed by atoms with Gasteiger partial charge >= 0.3 is 0 Å². The van der Waals surface area contributed by atoms with Crippen LogP contribution in [-0.4, -0.2) is 28.6 Å². The van der Waals surface area contributed by atoms with Gasteiger partial charge in [0.2, 0.25) is 0 Å². The van der Waals surface area contributed by atoms with Gasteiger partial charge in [0.15, 0.2) is 0 Å². The van der Waals surface area contributed by atoms with Crippen LogP contribution in [0.25, 0.3) is 0 Å². The van der Waals surface area contributed by atoms with Gasteiger partial charge in [0.1, 0.15) is 5.60 Å². The molecule has 0 aromatic heterocycles. The normalized spacial score (nSPS) is 36.6. The second kappa shape index (κ2) is 4.36. The highest BCUT2D eigenvalue weighted by Gasteiger charge is 2.55. The monoisotopic (exact) mass is 247 g/mol. The van der Waals surface area contributed by atoms with Gasteiger partial charge in [-0.25, -0.2) is 0 Å². The Balaban J connectivity index is 2.53. The minimum absolute atomic E-state index is 0.251. The topological polar surface area (TPSA) is 23.5 Å². The van der Waals surface area contributed by atoms with Crippen LogP contribution >= 0.6 is 0 Å². The number of hydrogen-bond acceptors (Lipinski definition) is 2. The molecular weight excluding hydrogens is 222 g/mol. The molecule has 1 heterocycles. The average Bonchev–Trinajstić information content (AvgIpc) is 2.35. The van der Waals surface area contributed by atoms with Crippen molar-refractivity contribution in [3.05, 3.63) is 35.9 Å². The summed E-state index contributed by atoms with van der Waals surface area (Å²) in [6, 6.07) is 10.6. The van der Waals surface area contributed by atoms with E-state index in [2.05, 4.69) is 39.6 Å². The lowest BCUT2D eigenvalue weighted by Crippen LogP contribution is -2.66. The average molecular weight is 247 g/mol. The fourth-order valence-electron chi connectivity index (χ4n) is 3.59. The number of nitrogens with zero attached hydrogens (tertiary/aromatic N) is 1. The molecule has 0 spiro atoms. The number of likely N-dealkylation sites (tertiary alicyclic amines) is 1. The zero-order valence-corrected chi connectivity index (χ0v) is 12.1. The molecule has 1 aromatic rings. The molecule has 0 radical (unpaired) electrons. The third kappa shape index (κ3) is 1.70. The fraction of sp³-hybridized carbons (Fsp3) is 0.625. The smallest absolute Gasteiger partial charge is 0.110 e. The zero-order valence-electron chi connectivity index (χ0n) is 12.1. The first-order chi connectivity index (χ1) is 8.31. The highest BCUT2D eigenvalue weighted by Crippen LogP contribution is 2.48. The second-order valence-electron chi connectivity index (χ2n) is 6.29. The van der Waals surface area contributed by atoms with Gasteiger partial charge in [-0.15, -0.1) is 0 Å². The van der Waals surface area contributed by atoms with Crippen molar-refractivity contribution in [1.29, 1.82) is 0 Å². The molecule has 100 valence electrons. The number of hydrogen-bond donors (Lipinski definition) is 1. The van der Waals surface area contributed by atoms with Crippen molar-refractivity contribution in [3.63, 3.8) is 0 Å². The van der Waals surface area contributed by atoms with E-state index >= 15 is 0 Å². The van der Waals surface area contributed by atoms with Crippen molar-refractivity contribution >= 4 is 0 Å². The summed E-state index contributed by atoms with van der Waals surface area (Å²) in [4.78, 5) is 2.31. The van der Waals surface area contributed by atoms with Gasteiger partial charge in [-0.05, 0) is 45.7 Å². The molecule has 1 aromatic carbocycles. The van der Waals surface area contributed by atoms with Crippen molar-refractivity contribution in [2.24, 2.45) is 5.92 Å². The highest BCUT2D eigenvalue weighted by atomic mass is 16.3. The Morgan fingerprint density at radius 3 is 2.28 bits per heavy atom. The number of likely N-dealkylation sites (N-methyl/N-ethyl adjacent to an activating group) is 1. The minimum atomic E-state index is -0.796. The third-order valence-corrected chi connectivity index (χ3v) is 5.10. The molecule has 0 bridgehead atoms. The molecule has 0 amide bonds. The van der Waals surface area contributed by atoms with E-state index in [1.165, 1.54) is 0 Å². The van der Waals surface area contributed by atoms with E-state index in [0.717, 1.165) is 12.0 Å². The summed E-state index contributed by atoms with van der Waals surface area (Å²) < 4.78 is 0. The van der Waals surface area contributed by atoms with Crippen LogP contribution in [0.2, 0.25) is 0 Å². The molecule has 3 atom stereocenters. The predicted molar refractivity (Wildman–Crippen MR) is 75.4 cm³/mol. The number of piperidine rings is 1. The first-order valence-corrected chi connectivity index (χ1v) is 6.82. The molecule has 1 fully saturated rings. The van der Waals surface area contributed by atoms with Crippen LogP contribution in [-0.2, 0) is 5.60 Å². The molecule has 0 saturated carbocycles. The molecule has 0 aliphatic carbocycles. The van der Waals surface area contributed by atoms with E-state index in [0.29, 0.717) is 6.04 Å². The molecular formula is C16H25NO. The van der Waals surface area contributed by atoms with Gasteiger partial charge in [-0.3, -0.25) is 4.90 Å². The number of rotatable bonds is 1. The Kier molecular flexibility index (Phi) is 3.28. The lowest BCUT2D eigenvalue weighted by molar-refractivity contribution is -0.175. The summed E-state index contributed by atoms with van der Waals surface area (Å²) in [5, 5.41) is 11.4. The van der Waals surface area contributed by atoms with Crippen molar-refractivity contribution in [3.8, 4) is 0 Å². The molecule has 2 nitrogen and oxygen atoms in total. The largest absolute Gasteiger partial charge is 0.383 e. The molecule has 1 aliphatic rings. The van der Waals surface area contributed by atoms with E-state index < -0.39 is 5.60 Å². The van der Waals surface area contributed by atoms with E-state index in [1.54, 1.807) is 0 Å². The quantitative estimate of drug-likeness (QED) is 0.824. The summed E-state index contributed by atoms with van der Waals surface area (Å²) in [7, 11) is 2.12. The molecule has 0 unspecified atom stereocenters. The Morgan fingerprint density at radius 1 is 1.17 bits per heavy atom. The van der Waals surface area contributed by atoms with E-state index in [4.69, 9.17) is 0 Å². The molecule has 18 heavy (non-hydrogen) atoms. The standard InChI is InChI=1S/C16H25NO/c1-12-11-13(2)17(5)15(3,4)16(12,18)14-9-7-6-8-10-14/h6-10,12-13,18H,11H2,1-5H3/t12-,13+,16-/m0/s1. The van der Waals surface area contributed by atoms with Crippen LogP contribution in [0.1, 0.15) is 39.7 Å². The van der Waals surface area contributed by atoms with Crippen LogP contribution in [0, 0.1) is 5.92 Å². The lowest BCUT2D eigenvalue weighted by Gasteiger charge is -2.58. The summed E-state index contributed by atoms with van der Waals surface area (Å²) >= 11 is 0. The van der Waals surface area contributed by atoms with E-state index in [-0.39, 0.29) is 11.5 Å². The maximum atomic E-state index is 11.4. The van der Waals surface area contributed by atoms with Gasteiger partial charge in [0, 0.05) is 11.6 Å². The molecule has 2 rings (SSSR count). The van der Waals surface area contributed by atoms with Crippen molar-refractivity contribution in [2.45, 2.75) is 51.3 Å². The van der Waals surface area contributed by atoms with Crippen LogP contribution < -0.4 is 0 Å². The summed E-state index contributed by atoms with van der Waals surface area (Å²) in [6.07, 6.45) is 1.02. The molecule has 1 N–H and O–H groups in total. The van der Waals surface area contributed by atoms with Gasteiger partial charge in [0.05, 0.1) is 0 Å². The summed E-state index contributed by atoms with van der Waals surface area (Å²) in [5.41, 5.74) is -0.0396. The van der Waals surface area contributed by atoms with Gasteiger partial charge < -0.3 is 5.11 Å². The second-order valence-corrected chi connectivity index (χ2v) is 6.29.